The van der Waals surface area contributed by atoms with E-state index in [1.54, 1.807) is 23.1 Å². The number of hydrogen-bond donors (Lipinski definition) is 0. The number of halogens is 1. The summed E-state index contributed by atoms with van der Waals surface area (Å²) in [6.45, 7) is 2.42. The van der Waals surface area contributed by atoms with Crippen molar-refractivity contribution in [3.05, 3.63) is 101 Å². The number of rotatable bonds is 5. The van der Waals surface area contributed by atoms with Gasteiger partial charge in [0.25, 0.3) is 5.91 Å². The predicted molar refractivity (Wildman–Crippen MR) is 118 cm³/mol. The number of aliphatic imine (C=N–C) groups is 1. The van der Waals surface area contributed by atoms with Crippen LogP contribution in [0.5, 0.6) is 5.75 Å². The molecule has 3 aromatic rings. The van der Waals surface area contributed by atoms with Crippen LogP contribution in [0.15, 0.2) is 89.6 Å². The molecular weight excluding hydrogens is 384 g/mol. The summed E-state index contributed by atoms with van der Waals surface area (Å²) in [6, 6.07) is 24.5. The molecule has 0 saturated heterocycles. The fourth-order valence-electron chi connectivity index (χ4n) is 3.19. The maximum Gasteiger partial charge on any atom is 0.282 e. The lowest BCUT2D eigenvalue weighted by molar-refractivity contribution is -0.113. The van der Waals surface area contributed by atoms with E-state index in [1.807, 2.05) is 73.7 Å². The Morgan fingerprint density at radius 2 is 1.76 bits per heavy atom. The number of anilines is 1. The van der Waals surface area contributed by atoms with Crippen LogP contribution in [0.4, 0.5) is 5.69 Å². The third kappa shape index (κ3) is 3.93. The average Bonchev–Trinajstić information content (AvgIpc) is 3.05. The van der Waals surface area contributed by atoms with Gasteiger partial charge < -0.3 is 4.74 Å². The molecule has 0 fully saturated rings. The minimum Gasteiger partial charge on any atom is -0.492 e. The van der Waals surface area contributed by atoms with Crippen molar-refractivity contribution in [2.45, 2.75) is 6.92 Å². The van der Waals surface area contributed by atoms with Crippen LogP contribution >= 0.6 is 11.6 Å². The molecule has 1 aliphatic rings. The van der Waals surface area contributed by atoms with Gasteiger partial charge in [-0.25, -0.2) is 4.99 Å². The summed E-state index contributed by atoms with van der Waals surface area (Å²) in [6.07, 6.45) is 1.75. The molecule has 0 atom stereocenters. The van der Waals surface area contributed by atoms with Crippen molar-refractivity contribution >= 4 is 35.1 Å². The topological polar surface area (TPSA) is 41.9 Å². The predicted octanol–water partition coefficient (Wildman–Crippen LogP) is 5.57. The molecule has 0 aliphatic carbocycles. The lowest BCUT2D eigenvalue weighted by atomic mass is 10.1. The van der Waals surface area contributed by atoms with E-state index >= 15 is 0 Å². The third-order valence-electron chi connectivity index (χ3n) is 4.45. The third-order valence-corrected chi connectivity index (χ3v) is 4.69. The Balaban J connectivity index is 1.84. The summed E-state index contributed by atoms with van der Waals surface area (Å²) < 4.78 is 5.77. The Morgan fingerprint density at radius 3 is 2.52 bits per heavy atom. The summed E-state index contributed by atoms with van der Waals surface area (Å²) >= 11 is 6.09. The Hall–Kier alpha value is -3.37. The number of amidine groups is 1. The molecule has 1 heterocycles. The standard InChI is InChI=1S/C24H19ClN2O2/c1-2-29-22-14-7-6-13-21(22)27-23(18-10-4-3-5-11-18)26-20(24(27)28)16-17-9-8-12-19(25)15-17/h3-16H,2H2,1H3/b20-16+. The van der Waals surface area contributed by atoms with Crippen LogP contribution in [0.3, 0.4) is 0 Å². The van der Waals surface area contributed by atoms with E-state index in [2.05, 4.69) is 4.99 Å². The highest BCUT2D eigenvalue weighted by atomic mass is 35.5. The van der Waals surface area contributed by atoms with E-state index in [4.69, 9.17) is 16.3 Å². The molecule has 0 bridgehead atoms. The van der Waals surface area contributed by atoms with Gasteiger partial charge in [0.15, 0.2) is 0 Å². The molecule has 0 unspecified atom stereocenters. The van der Waals surface area contributed by atoms with E-state index in [9.17, 15) is 4.79 Å². The van der Waals surface area contributed by atoms with Crippen LogP contribution < -0.4 is 9.64 Å². The van der Waals surface area contributed by atoms with Crippen LogP contribution in [0.2, 0.25) is 5.02 Å². The van der Waals surface area contributed by atoms with Crippen LogP contribution in [0, 0.1) is 0 Å². The Kier molecular flexibility index (Phi) is 5.45. The van der Waals surface area contributed by atoms with Gasteiger partial charge in [-0.1, -0.05) is 66.2 Å². The fraction of sp³-hybridized carbons (Fsp3) is 0.0833. The molecule has 5 heteroatoms. The minimum absolute atomic E-state index is 0.212. The Morgan fingerprint density at radius 1 is 1.00 bits per heavy atom. The lowest BCUT2D eigenvalue weighted by Crippen LogP contribution is -2.33. The van der Waals surface area contributed by atoms with E-state index in [-0.39, 0.29) is 5.91 Å². The van der Waals surface area contributed by atoms with E-state index in [1.165, 1.54) is 0 Å². The molecule has 0 saturated carbocycles. The van der Waals surface area contributed by atoms with Crippen molar-refractivity contribution in [3.8, 4) is 5.75 Å². The number of carbonyl (C=O) groups excluding carboxylic acids is 1. The monoisotopic (exact) mass is 402 g/mol. The quantitative estimate of drug-likeness (QED) is 0.523. The molecular formula is C24H19ClN2O2. The Labute approximate surface area is 174 Å². The number of nitrogens with zero attached hydrogens (tertiary/aromatic N) is 2. The summed E-state index contributed by atoms with van der Waals surface area (Å²) in [5, 5.41) is 0.607. The number of ether oxygens (including phenoxy) is 1. The van der Waals surface area contributed by atoms with Crippen LogP contribution in [0.1, 0.15) is 18.1 Å². The fourth-order valence-corrected chi connectivity index (χ4v) is 3.39. The molecule has 0 spiro atoms. The first kappa shape index (κ1) is 19.0. The molecule has 29 heavy (non-hydrogen) atoms. The van der Waals surface area contributed by atoms with Crippen molar-refractivity contribution in [2.75, 3.05) is 11.5 Å². The normalized spacial score (nSPS) is 15.0. The first-order valence-electron chi connectivity index (χ1n) is 9.35. The summed E-state index contributed by atoms with van der Waals surface area (Å²) in [7, 11) is 0. The van der Waals surface area contributed by atoms with Crippen molar-refractivity contribution in [1.29, 1.82) is 0 Å². The Bertz CT molecular complexity index is 1110. The average molecular weight is 403 g/mol. The number of carbonyl (C=O) groups is 1. The highest BCUT2D eigenvalue weighted by Crippen LogP contribution is 2.34. The smallest absolute Gasteiger partial charge is 0.282 e. The van der Waals surface area contributed by atoms with Gasteiger partial charge >= 0.3 is 0 Å². The molecule has 0 aromatic heterocycles. The molecule has 1 aliphatic heterocycles. The molecule has 1 amide bonds. The number of amides is 1. The van der Waals surface area contributed by atoms with Crippen LogP contribution in [0.25, 0.3) is 6.08 Å². The summed E-state index contributed by atoms with van der Waals surface area (Å²) in [5.41, 5.74) is 2.67. The van der Waals surface area contributed by atoms with Gasteiger partial charge in [-0.05, 0) is 42.8 Å². The minimum atomic E-state index is -0.212. The zero-order valence-corrected chi connectivity index (χ0v) is 16.6. The van der Waals surface area contributed by atoms with Crippen molar-refractivity contribution in [1.82, 2.24) is 0 Å². The van der Waals surface area contributed by atoms with Crippen molar-refractivity contribution in [3.63, 3.8) is 0 Å². The molecule has 4 rings (SSSR count). The molecule has 3 aromatic carbocycles. The van der Waals surface area contributed by atoms with Gasteiger partial charge in [-0.15, -0.1) is 0 Å². The zero-order valence-electron chi connectivity index (χ0n) is 15.9. The van der Waals surface area contributed by atoms with E-state index < -0.39 is 0 Å². The first-order chi connectivity index (χ1) is 14.2. The van der Waals surface area contributed by atoms with Gasteiger partial charge in [0, 0.05) is 10.6 Å². The van der Waals surface area contributed by atoms with E-state index in [0.717, 1.165) is 11.1 Å². The second-order valence-electron chi connectivity index (χ2n) is 6.43. The van der Waals surface area contributed by atoms with Gasteiger partial charge in [0.1, 0.15) is 17.3 Å². The SMILES string of the molecule is CCOc1ccccc1N1C(=O)/C(=C\c2cccc(Cl)c2)N=C1c1ccccc1. The second kappa shape index (κ2) is 8.33. The molecule has 144 valence electrons. The second-order valence-corrected chi connectivity index (χ2v) is 6.86. The zero-order chi connectivity index (χ0) is 20.2. The first-order valence-corrected chi connectivity index (χ1v) is 9.73. The summed E-state index contributed by atoms with van der Waals surface area (Å²) in [5.74, 6) is 0.989. The molecule has 4 nitrogen and oxygen atoms in total. The lowest BCUT2D eigenvalue weighted by Gasteiger charge is -2.21. The van der Waals surface area contributed by atoms with Gasteiger partial charge in [0.2, 0.25) is 0 Å². The van der Waals surface area contributed by atoms with Crippen LogP contribution in [-0.4, -0.2) is 18.3 Å². The highest BCUT2D eigenvalue weighted by molar-refractivity contribution is 6.33. The number of hydrogen-bond acceptors (Lipinski definition) is 3. The largest absolute Gasteiger partial charge is 0.492 e. The van der Waals surface area contributed by atoms with E-state index in [0.29, 0.717) is 34.6 Å². The van der Waals surface area contributed by atoms with Crippen LogP contribution in [-0.2, 0) is 4.79 Å². The van der Waals surface area contributed by atoms with Gasteiger partial charge in [-0.2, -0.15) is 0 Å². The maximum atomic E-state index is 13.4. The number of benzene rings is 3. The number of para-hydroxylation sites is 2. The van der Waals surface area contributed by atoms with Crippen molar-refractivity contribution < 1.29 is 9.53 Å². The highest BCUT2D eigenvalue weighted by Gasteiger charge is 2.34. The van der Waals surface area contributed by atoms with Gasteiger partial charge in [0.05, 0.1) is 12.3 Å². The maximum absolute atomic E-state index is 13.4. The van der Waals surface area contributed by atoms with Gasteiger partial charge in [-0.3, -0.25) is 9.69 Å². The van der Waals surface area contributed by atoms with Crippen molar-refractivity contribution in [2.24, 2.45) is 4.99 Å². The summed E-state index contributed by atoms with van der Waals surface area (Å²) in [4.78, 5) is 19.7. The molecule has 0 N–H and O–H groups in total. The molecule has 0 radical (unpaired) electrons.